The zero-order valence-electron chi connectivity index (χ0n) is 9.67. The van der Waals surface area contributed by atoms with Gasteiger partial charge in [-0.15, -0.1) is 0 Å². The average Bonchev–Trinajstić information content (AvgIpc) is 2.23. The van der Waals surface area contributed by atoms with Gasteiger partial charge in [-0.1, -0.05) is 6.92 Å². The Bertz CT molecular complexity index is 156. The maximum Gasteiger partial charge on any atom is 0.230 e. The molecule has 1 amide bonds. The van der Waals surface area contributed by atoms with Gasteiger partial charge in [0.15, 0.2) is 0 Å². The zero-order chi connectivity index (χ0) is 11.4. The summed E-state index contributed by atoms with van der Waals surface area (Å²) in [5, 5.41) is 6.02. The van der Waals surface area contributed by atoms with Gasteiger partial charge in [0.1, 0.15) is 0 Å². The molecule has 0 unspecified atom stereocenters. The smallest absolute Gasteiger partial charge is 0.230 e. The van der Waals surface area contributed by atoms with Crippen molar-refractivity contribution in [1.82, 2.24) is 10.6 Å². The van der Waals surface area contributed by atoms with Crippen LogP contribution >= 0.6 is 11.8 Å². The van der Waals surface area contributed by atoms with Gasteiger partial charge in [-0.05, 0) is 12.2 Å². The monoisotopic (exact) mass is 234 g/mol. The van der Waals surface area contributed by atoms with Gasteiger partial charge in [0, 0.05) is 26.7 Å². The normalized spacial score (nSPS) is 10.3. The van der Waals surface area contributed by atoms with Crippen LogP contribution in [0.4, 0.5) is 0 Å². The van der Waals surface area contributed by atoms with E-state index in [9.17, 15) is 4.79 Å². The number of methoxy groups -OCH3 is 1. The average molecular weight is 234 g/mol. The minimum Gasteiger partial charge on any atom is -0.383 e. The minimum atomic E-state index is 0.127. The number of carbonyl (C=O) groups excluding carboxylic acids is 1. The molecule has 0 aromatic heterocycles. The molecule has 0 rings (SSSR count). The Morgan fingerprint density at radius 3 is 2.80 bits per heavy atom. The van der Waals surface area contributed by atoms with Crippen molar-refractivity contribution in [2.24, 2.45) is 0 Å². The van der Waals surface area contributed by atoms with Crippen molar-refractivity contribution in [3.63, 3.8) is 0 Å². The van der Waals surface area contributed by atoms with Crippen LogP contribution in [0.1, 0.15) is 13.3 Å². The fourth-order valence-corrected chi connectivity index (χ4v) is 1.67. The molecule has 0 aromatic rings. The van der Waals surface area contributed by atoms with E-state index in [1.807, 2.05) is 0 Å². The Labute approximate surface area is 96.5 Å². The number of hydrogen-bond acceptors (Lipinski definition) is 4. The van der Waals surface area contributed by atoms with E-state index in [1.54, 1.807) is 18.9 Å². The highest BCUT2D eigenvalue weighted by atomic mass is 32.2. The highest BCUT2D eigenvalue weighted by Crippen LogP contribution is 2.00. The second kappa shape index (κ2) is 11.8. The van der Waals surface area contributed by atoms with Crippen LogP contribution in [-0.2, 0) is 9.53 Å². The van der Waals surface area contributed by atoms with Gasteiger partial charge in [-0.2, -0.15) is 11.8 Å². The molecule has 0 spiro atoms. The highest BCUT2D eigenvalue weighted by molar-refractivity contribution is 7.99. The van der Waals surface area contributed by atoms with E-state index < -0.39 is 0 Å². The molecule has 0 atom stereocenters. The summed E-state index contributed by atoms with van der Waals surface area (Å²) in [6.45, 7) is 5.14. The van der Waals surface area contributed by atoms with Crippen LogP contribution < -0.4 is 10.6 Å². The molecule has 0 bridgehead atoms. The summed E-state index contributed by atoms with van der Waals surface area (Å²) in [5.41, 5.74) is 0. The van der Waals surface area contributed by atoms with Crippen molar-refractivity contribution in [2.45, 2.75) is 13.3 Å². The molecule has 2 N–H and O–H groups in total. The first-order valence-electron chi connectivity index (χ1n) is 5.35. The summed E-state index contributed by atoms with van der Waals surface area (Å²) in [6, 6.07) is 0. The van der Waals surface area contributed by atoms with Crippen molar-refractivity contribution >= 4 is 17.7 Å². The molecule has 15 heavy (non-hydrogen) atoms. The lowest BCUT2D eigenvalue weighted by molar-refractivity contribution is -0.118. The predicted molar refractivity (Wildman–Crippen MR) is 65.4 cm³/mol. The number of nitrogens with one attached hydrogen (secondary N) is 2. The summed E-state index contributed by atoms with van der Waals surface area (Å²) in [7, 11) is 1.68. The summed E-state index contributed by atoms with van der Waals surface area (Å²) >= 11 is 1.68. The SMILES string of the molecule is CCCSCC(=O)NCCNCCOC. The first kappa shape index (κ1) is 14.7. The van der Waals surface area contributed by atoms with Gasteiger partial charge in [0.25, 0.3) is 0 Å². The molecular formula is C10H22N2O2S. The molecule has 5 heteroatoms. The molecular weight excluding hydrogens is 212 g/mol. The summed E-state index contributed by atoms with van der Waals surface area (Å²) in [5.74, 6) is 1.76. The molecule has 0 aliphatic heterocycles. The number of amides is 1. The molecule has 0 aliphatic rings. The number of ether oxygens (including phenoxy) is 1. The first-order chi connectivity index (χ1) is 7.31. The third-order valence-electron chi connectivity index (χ3n) is 1.69. The highest BCUT2D eigenvalue weighted by Gasteiger charge is 1.98. The van der Waals surface area contributed by atoms with Crippen LogP contribution in [0.2, 0.25) is 0 Å². The predicted octanol–water partition coefficient (Wildman–Crippen LogP) is 0.482. The lowest BCUT2D eigenvalue weighted by Gasteiger charge is -2.06. The molecule has 4 nitrogen and oxygen atoms in total. The van der Waals surface area contributed by atoms with Crippen LogP contribution in [-0.4, -0.2) is 50.8 Å². The number of thioether (sulfide) groups is 1. The molecule has 0 fully saturated rings. The fourth-order valence-electron chi connectivity index (χ4n) is 0.950. The van der Waals surface area contributed by atoms with Gasteiger partial charge in [0.2, 0.25) is 5.91 Å². The molecule has 0 radical (unpaired) electrons. The van der Waals surface area contributed by atoms with Gasteiger partial charge >= 0.3 is 0 Å². The lowest BCUT2D eigenvalue weighted by Crippen LogP contribution is -2.34. The van der Waals surface area contributed by atoms with E-state index >= 15 is 0 Å². The van der Waals surface area contributed by atoms with Gasteiger partial charge in [-0.25, -0.2) is 0 Å². The molecule has 0 saturated carbocycles. The Morgan fingerprint density at radius 1 is 1.33 bits per heavy atom. The van der Waals surface area contributed by atoms with Crippen LogP contribution in [0.5, 0.6) is 0 Å². The first-order valence-corrected chi connectivity index (χ1v) is 6.50. The minimum absolute atomic E-state index is 0.127. The maximum atomic E-state index is 11.2. The van der Waals surface area contributed by atoms with Crippen molar-refractivity contribution in [3.8, 4) is 0 Å². The molecule has 0 heterocycles. The summed E-state index contributed by atoms with van der Waals surface area (Å²) in [4.78, 5) is 11.2. The van der Waals surface area contributed by atoms with Crippen molar-refractivity contribution in [2.75, 3.05) is 44.9 Å². The Kier molecular flexibility index (Phi) is 11.6. The molecule has 0 saturated heterocycles. The van der Waals surface area contributed by atoms with Gasteiger partial charge in [-0.3, -0.25) is 4.79 Å². The lowest BCUT2D eigenvalue weighted by atomic mass is 10.5. The topological polar surface area (TPSA) is 50.4 Å². The van der Waals surface area contributed by atoms with Crippen molar-refractivity contribution in [3.05, 3.63) is 0 Å². The standard InChI is InChI=1S/C10H22N2O2S/c1-3-8-15-9-10(13)12-5-4-11-6-7-14-2/h11H,3-9H2,1-2H3,(H,12,13). The Hall–Kier alpha value is -0.260. The van der Waals surface area contributed by atoms with Crippen LogP contribution in [0.3, 0.4) is 0 Å². The fraction of sp³-hybridized carbons (Fsp3) is 0.900. The molecule has 0 aromatic carbocycles. The van der Waals surface area contributed by atoms with E-state index in [-0.39, 0.29) is 5.91 Å². The van der Waals surface area contributed by atoms with E-state index in [0.717, 1.165) is 25.3 Å². The Balaban J connectivity index is 3.10. The molecule has 0 aliphatic carbocycles. The van der Waals surface area contributed by atoms with Gasteiger partial charge < -0.3 is 15.4 Å². The third-order valence-corrected chi connectivity index (χ3v) is 2.85. The molecule has 90 valence electrons. The van der Waals surface area contributed by atoms with Crippen molar-refractivity contribution < 1.29 is 9.53 Å². The second-order valence-electron chi connectivity index (χ2n) is 3.15. The van der Waals surface area contributed by atoms with Crippen LogP contribution in [0, 0.1) is 0 Å². The zero-order valence-corrected chi connectivity index (χ0v) is 10.5. The van der Waals surface area contributed by atoms with Crippen molar-refractivity contribution in [1.29, 1.82) is 0 Å². The largest absolute Gasteiger partial charge is 0.383 e. The quantitative estimate of drug-likeness (QED) is 0.540. The van der Waals surface area contributed by atoms with E-state index in [2.05, 4.69) is 17.6 Å². The summed E-state index contributed by atoms with van der Waals surface area (Å²) < 4.78 is 4.88. The third kappa shape index (κ3) is 11.7. The van der Waals surface area contributed by atoms with Crippen LogP contribution in [0.15, 0.2) is 0 Å². The Morgan fingerprint density at radius 2 is 2.13 bits per heavy atom. The van der Waals surface area contributed by atoms with E-state index in [0.29, 0.717) is 18.9 Å². The number of hydrogen-bond donors (Lipinski definition) is 2. The van der Waals surface area contributed by atoms with E-state index in [1.165, 1.54) is 0 Å². The maximum absolute atomic E-state index is 11.2. The number of carbonyl (C=O) groups is 1. The number of rotatable bonds is 10. The van der Waals surface area contributed by atoms with Gasteiger partial charge in [0.05, 0.1) is 12.4 Å². The van der Waals surface area contributed by atoms with Crippen LogP contribution in [0.25, 0.3) is 0 Å². The summed E-state index contributed by atoms with van der Waals surface area (Å²) in [6.07, 6.45) is 1.12. The van der Waals surface area contributed by atoms with E-state index in [4.69, 9.17) is 4.74 Å². The second-order valence-corrected chi connectivity index (χ2v) is 4.25.